The van der Waals surface area contributed by atoms with Crippen molar-refractivity contribution in [1.29, 1.82) is 0 Å². The second-order valence-corrected chi connectivity index (χ2v) is 4.54. The number of carbonyl (C=O) groups excluding carboxylic acids is 1. The standard InChI is InChI=1S/C18H17NO3/c1-4-6-13(5-2)12-22-16-8-7-14-9-15(18(20)21-3)11-19-17(14)10-16/h4-11H,1-2,12H2,3H3/b13-6+. The highest BCUT2D eigenvalue weighted by Crippen LogP contribution is 2.21. The van der Waals surface area contributed by atoms with Gasteiger partial charge in [-0.25, -0.2) is 4.79 Å². The van der Waals surface area contributed by atoms with Gasteiger partial charge in [0.25, 0.3) is 0 Å². The number of methoxy groups -OCH3 is 1. The summed E-state index contributed by atoms with van der Waals surface area (Å²) in [6.07, 6.45) is 6.75. The molecule has 0 fully saturated rings. The Morgan fingerprint density at radius 1 is 1.32 bits per heavy atom. The smallest absolute Gasteiger partial charge is 0.339 e. The van der Waals surface area contributed by atoms with Gasteiger partial charge in [0, 0.05) is 17.6 Å². The van der Waals surface area contributed by atoms with E-state index in [-0.39, 0.29) is 0 Å². The fraction of sp³-hybridized carbons (Fsp3) is 0.111. The third-order valence-corrected chi connectivity index (χ3v) is 3.08. The molecular formula is C18H17NO3. The Morgan fingerprint density at radius 3 is 2.82 bits per heavy atom. The molecular weight excluding hydrogens is 278 g/mol. The summed E-state index contributed by atoms with van der Waals surface area (Å²) in [7, 11) is 1.34. The van der Waals surface area contributed by atoms with Gasteiger partial charge in [0.1, 0.15) is 12.4 Å². The van der Waals surface area contributed by atoms with E-state index in [9.17, 15) is 4.79 Å². The van der Waals surface area contributed by atoms with Gasteiger partial charge < -0.3 is 9.47 Å². The Bertz CT molecular complexity index is 747. The largest absolute Gasteiger partial charge is 0.489 e. The molecule has 22 heavy (non-hydrogen) atoms. The first kappa shape index (κ1) is 15.5. The zero-order valence-electron chi connectivity index (χ0n) is 12.4. The lowest BCUT2D eigenvalue weighted by molar-refractivity contribution is 0.0600. The molecule has 0 saturated carbocycles. The molecule has 0 aliphatic rings. The Labute approximate surface area is 129 Å². The topological polar surface area (TPSA) is 48.4 Å². The van der Waals surface area contributed by atoms with Crippen molar-refractivity contribution in [3.8, 4) is 5.75 Å². The summed E-state index contributed by atoms with van der Waals surface area (Å²) in [6, 6.07) is 7.25. The molecule has 0 amide bonds. The second-order valence-electron chi connectivity index (χ2n) is 4.54. The number of rotatable bonds is 6. The molecule has 112 valence electrons. The van der Waals surface area contributed by atoms with E-state index in [4.69, 9.17) is 4.74 Å². The molecule has 4 nitrogen and oxygen atoms in total. The van der Waals surface area contributed by atoms with Gasteiger partial charge in [-0.3, -0.25) is 4.98 Å². The number of fused-ring (bicyclic) bond motifs is 1. The molecule has 0 spiro atoms. The third-order valence-electron chi connectivity index (χ3n) is 3.08. The zero-order valence-corrected chi connectivity index (χ0v) is 12.4. The number of nitrogens with zero attached hydrogens (tertiary/aromatic N) is 1. The molecule has 2 aromatic rings. The van der Waals surface area contributed by atoms with Crippen LogP contribution < -0.4 is 4.74 Å². The minimum Gasteiger partial charge on any atom is -0.489 e. The molecule has 0 unspecified atom stereocenters. The van der Waals surface area contributed by atoms with Crippen molar-refractivity contribution >= 4 is 16.9 Å². The Balaban J connectivity index is 2.20. The molecule has 1 aromatic carbocycles. The second kappa shape index (κ2) is 7.22. The third kappa shape index (κ3) is 3.61. The van der Waals surface area contributed by atoms with E-state index in [2.05, 4.69) is 22.9 Å². The number of pyridine rings is 1. The monoisotopic (exact) mass is 295 g/mol. The van der Waals surface area contributed by atoms with Crippen molar-refractivity contribution in [2.75, 3.05) is 13.7 Å². The first-order valence-corrected chi connectivity index (χ1v) is 6.73. The highest BCUT2D eigenvalue weighted by Gasteiger charge is 2.07. The van der Waals surface area contributed by atoms with Gasteiger partial charge >= 0.3 is 5.97 Å². The van der Waals surface area contributed by atoms with E-state index in [1.165, 1.54) is 13.3 Å². The van der Waals surface area contributed by atoms with Gasteiger partial charge in [-0.15, -0.1) is 0 Å². The number of ether oxygens (including phenoxy) is 2. The van der Waals surface area contributed by atoms with Gasteiger partial charge in [-0.1, -0.05) is 31.4 Å². The van der Waals surface area contributed by atoms with Gasteiger partial charge in [0.15, 0.2) is 0 Å². The van der Waals surface area contributed by atoms with Crippen LogP contribution in [-0.2, 0) is 4.74 Å². The Kier molecular flexibility index (Phi) is 5.09. The first-order valence-electron chi connectivity index (χ1n) is 6.73. The average molecular weight is 295 g/mol. The molecule has 0 aliphatic heterocycles. The fourth-order valence-corrected chi connectivity index (χ4v) is 1.91. The van der Waals surface area contributed by atoms with Crippen molar-refractivity contribution in [2.24, 2.45) is 0 Å². The van der Waals surface area contributed by atoms with Crippen molar-refractivity contribution in [2.45, 2.75) is 0 Å². The van der Waals surface area contributed by atoms with E-state index in [0.29, 0.717) is 17.9 Å². The summed E-state index contributed by atoms with van der Waals surface area (Å²) in [6.45, 7) is 7.77. The van der Waals surface area contributed by atoms with Crippen molar-refractivity contribution in [3.63, 3.8) is 0 Å². The fourth-order valence-electron chi connectivity index (χ4n) is 1.91. The van der Waals surface area contributed by atoms with E-state index < -0.39 is 5.97 Å². The maximum Gasteiger partial charge on any atom is 0.339 e. The number of benzene rings is 1. The maximum absolute atomic E-state index is 11.5. The van der Waals surface area contributed by atoms with Crippen molar-refractivity contribution < 1.29 is 14.3 Å². The minimum absolute atomic E-state index is 0.403. The number of esters is 1. The molecule has 0 N–H and O–H groups in total. The first-order chi connectivity index (χ1) is 10.7. The molecule has 0 saturated heterocycles. The Hall–Kier alpha value is -2.88. The number of aromatic nitrogens is 1. The van der Waals surface area contributed by atoms with Crippen LogP contribution in [0.4, 0.5) is 0 Å². The zero-order chi connectivity index (χ0) is 15.9. The highest BCUT2D eigenvalue weighted by molar-refractivity contribution is 5.93. The average Bonchev–Trinajstić information content (AvgIpc) is 2.57. The number of hydrogen-bond donors (Lipinski definition) is 0. The molecule has 4 heteroatoms. The molecule has 2 rings (SSSR count). The van der Waals surface area contributed by atoms with Gasteiger partial charge in [0.05, 0.1) is 18.2 Å². The van der Waals surface area contributed by atoms with Crippen LogP contribution in [0.3, 0.4) is 0 Å². The molecule has 0 atom stereocenters. The quantitative estimate of drug-likeness (QED) is 0.602. The van der Waals surface area contributed by atoms with Crippen LogP contribution in [0, 0.1) is 0 Å². The predicted molar refractivity (Wildman–Crippen MR) is 87.1 cm³/mol. The van der Waals surface area contributed by atoms with Crippen LogP contribution in [-0.4, -0.2) is 24.7 Å². The maximum atomic E-state index is 11.5. The molecule has 0 aliphatic carbocycles. The lowest BCUT2D eigenvalue weighted by Gasteiger charge is -2.08. The van der Waals surface area contributed by atoms with E-state index in [1.54, 1.807) is 18.2 Å². The van der Waals surface area contributed by atoms with Crippen molar-refractivity contribution in [3.05, 3.63) is 73.0 Å². The van der Waals surface area contributed by atoms with E-state index >= 15 is 0 Å². The van der Waals surface area contributed by atoms with Crippen LogP contribution in [0.5, 0.6) is 5.75 Å². The summed E-state index contributed by atoms with van der Waals surface area (Å²) in [4.78, 5) is 15.7. The van der Waals surface area contributed by atoms with Crippen LogP contribution >= 0.6 is 0 Å². The SMILES string of the molecule is C=C/C=C(\C=C)COc1ccc2cc(C(=O)OC)cnc2c1. The molecule has 1 aromatic heterocycles. The summed E-state index contributed by atoms with van der Waals surface area (Å²) in [5, 5.41) is 0.848. The lowest BCUT2D eigenvalue weighted by Crippen LogP contribution is -2.02. The lowest BCUT2D eigenvalue weighted by atomic mass is 10.1. The predicted octanol–water partition coefficient (Wildman–Crippen LogP) is 3.70. The van der Waals surface area contributed by atoms with Crippen molar-refractivity contribution in [1.82, 2.24) is 4.98 Å². The normalized spacial score (nSPS) is 11.0. The van der Waals surface area contributed by atoms with E-state index in [0.717, 1.165) is 16.5 Å². The summed E-state index contributed by atoms with van der Waals surface area (Å²) in [5.74, 6) is 0.294. The van der Waals surface area contributed by atoms with Crippen LogP contribution in [0.2, 0.25) is 0 Å². The summed E-state index contributed by atoms with van der Waals surface area (Å²) in [5.41, 5.74) is 2.11. The van der Waals surface area contributed by atoms with Gasteiger partial charge in [0.2, 0.25) is 0 Å². The minimum atomic E-state index is -0.403. The van der Waals surface area contributed by atoms with Gasteiger partial charge in [-0.05, 0) is 23.8 Å². The molecule has 0 radical (unpaired) electrons. The van der Waals surface area contributed by atoms with Crippen LogP contribution in [0.1, 0.15) is 10.4 Å². The number of carbonyl (C=O) groups is 1. The molecule has 1 heterocycles. The highest BCUT2D eigenvalue weighted by atomic mass is 16.5. The van der Waals surface area contributed by atoms with E-state index in [1.807, 2.05) is 24.3 Å². The number of allylic oxidation sites excluding steroid dienone is 2. The van der Waals surface area contributed by atoms with Gasteiger partial charge in [-0.2, -0.15) is 0 Å². The molecule has 0 bridgehead atoms. The summed E-state index contributed by atoms with van der Waals surface area (Å²) >= 11 is 0. The van der Waals surface area contributed by atoms with Crippen LogP contribution in [0.25, 0.3) is 10.9 Å². The summed E-state index contributed by atoms with van der Waals surface area (Å²) < 4.78 is 10.4. The van der Waals surface area contributed by atoms with Crippen LogP contribution in [0.15, 0.2) is 67.4 Å². The Morgan fingerprint density at radius 2 is 2.14 bits per heavy atom. The number of hydrogen-bond acceptors (Lipinski definition) is 4.